The molecule has 3 heteroatoms. The van der Waals surface area contributed by atoms with Crippen LogP contribution in [-0.4, -0.2) is 9.44 Å². The number of hydrogen-bond donors (Lipinski definition) is 1. The molecule has 70 valence electrons. The maximum absolute atomic E-state index is 9.83. The summed E-state index contributed by atoms with van der Waals surface area (Å²) in [7, 11) is 0. The van der Waals surface area contributed by atoms with Gasteiger partial charge in [0.15, 0.2) is 0 Å². The molecule has 1 nitrogen and oxygen atoms in total. The van der Waals surface area contributed by atoms with Gasteiger partial charge in [-0.15, -0.1) is 23.2 Å². The lowest BCUT2D eigenvalue weighted by Gasteiger charge is -2.10. The van der Waals surface area contributed by atoms with E-state index < -0.39 is 10.4 Å². The molecule has 0 aromatic heterocycles. The van der Waals surface area contributed by atoms with Crippen molar-refractivity contribution in [1.82, 2.24) is 0 Å². The summed E-state index contributed by atoms with van der Waals surface area (Å²) in [4.78, 5) is 0. The molecule has 0 saturated heterocycles. The van der Waals surface area contributed by atoms with Crippen molar-refractivity contribution in [2.24, 2.45) is 5.92 Å². The van der Waals surface area contributed by atoms with Gasteiger partial charge in [0.1, 0.15) is 4.33 Å². The van der Waals surface area contributed by atoms with Gasteiger partial charge in [0.25, 0.3) is 0 Å². The average Bonchev–Trinajstić information content (AvgIpc) is 2.76. The Morgan fingerprint density at radius 3 is 2.31 bits per heavy atom. The Balaban J connectivity index is 2.12. The zero-order valence-corrected chi connectivity index (χ0v) is 8.46. The third-order valence-electron chi connectivity index (χ3n) is 2.40. The number of aliphatic hydroxyl groups is 1. The van der Waals surface area contributed by atoms with Crippen molar-refractivity contribution in [1.29, 1.82) is 0 Å². The van der Waals surface area contributed by atoms with Gasteiger partial charge in [-0.2, -0.15) is 0 Å². The summed E-state index contributed by atoms with van der Waals surface area (Å²) >= 11 is 11.7. The Bertz CT molecular complexity index is 297. The minimum Gasteiger partial charge on any atom is -0.388 e. The summed E-state index contributed by atoms with van der Waals surface area (Å²) in [5, 5.41) is 9.83. The zero-order chi connectivity index (χ0) is 9.47. The normalized spacial score (nSPS) is 26.8. The molecule has 1 aromatic carbocycles. The highest BCUT2D eigenvalue weighted by Crippen LogP contribution is 2.58. The van der Waals surface area contributed by atoms with Gasteiger partial charge in [-0.05, 0) is 12.0 Å². The number of alkyl halides is 2. The fourth-order valence-electron chi connectivity index (χ4n) is 1.46. The van der Waals surface area contributed by atoms with Crippen LogP contribution in [0.25, 0.3) is 0 Å². The van der Waals surface area contributed by atoms with Crippen LogP contribution in [0.4, 0.5) is 0 Å². The van der Waals surface area contributed by atoms with E-state index in [1.165, 1.54) is 0 Å². The monoisotopic (exact) mass is 216 g/mol. The SMILES string of the molecule is OC(c1ccccc1)C1CC1(Cl)Cl. The van der Waals surface area contributed by atoms with Gasteiger partial charge in [0.05, 0.1) is 6.10 Å². The Kier molecular flexibility index (Phi) is 2.26. The van der Waals surface area contributed by atoms with E-state index in [2.05, 4.69) is 0 Å². The molecule has 0 aliphatic heterocycles. The predicted molar refractivity (Wildman–Crippen MR) is 53.9 cm³/mol. The molecule has 1 aliphatic carbocycles. The lowest BCUT2D eigenvalue weighted by Crippen LogP contribution is -2.04. The van der Waals surface area contributed by atoms with E-state index in [-0.39, 0.29) is 5.92 Å². The van der Waals surface area contributed by atoms with Crippen LogP contribution in [0.1, 0.15) is 18.1 Å². The molecule has 1 saturated carbocycles. The van der Waals surface area contributed by atoms with Crippen LogP contribution in [0.15, 0.2) is 30.3 Å². The van der Waals surface area contributed by atoms with Gasteiger partial charge in [-0.1, -0.05) is 30.3 Å². The maximum Gasteiger partial charge on any atom is 0.124 e. The molecule has 2 unspecified atom stereocenters. The molecule has 0 radical (unpaired) electrons. The average molecular weight is 217 g/mol. The number of hydrogen-bond acceptors (Lipinski definition) is 1. The number of halogens is 2. The first-order valence-corrected chi connectivity index (χ1v) is 4.98. The summed E-state index contributed by atoms with van der Waals surface area (Å²) in [6, 6.07) is 9.47. The van der Waals surface area contributed by atoms with Crippen LogP contribution in [-0.2, 0) is 0 Å². The van der Waals surface area contributed by atoms with Gasteiger partial charge in [0, 0.05) is 5.92 Å². The minimum absolute atomic E-state index is 0.0155. The van der Waals surface area contributed by atoms with Crippen molar-refractivity contribution in [3.05, 3.63) is 35.9 Å². The van der Waals surface area contributed by atoms with Crippen molar-refractivity contribution in [2.45, 2.75) is 16.9 Å². The quantitative estimate of drug-likeness (QED) is 0.755. The second-order valence-electron chi connectivity index (χ2n) is 3.43. The maximum atomic E-state index is 9.83. The molecule has 1 fully saturated rings. The third-order valence-corrected chi connectivity index (χ3v) is 3.27. The lowest BCUT2D eigenvalue weighted by molar-refractivity contribution is 0.153. The lowest BCUT2D eigenvalue weighted by atomic mass is 10.1. The smallest absolute Gasteiger partial charge is 0.124 e. The molecule has 1 aliphatic rings. The molecule has 0 amide bonds. The van der Waals surface area contributed by atoms with Gasteiger partial charge >= 0.3 is 0 Å². The van der Waals surface area contributed by atoms with Gasteiger partial charge in [-0.3, -0.25) is 0 Å². The molecule has 2 rings (SSSR count). The van der Waals surface area contributed by atoms with Crippen LogP contribution in [0.5, 0.6) is 0 Å². The summed E-state index contributed by atoms with van der Waals surface area (Å²) in [6.45, 7) is 0. The zero-order valence-electron chi connectivity index (χ0n) is 6.95. The number of aliphatic hydroxyl groups excluding tert-OH is 1. The molecule has 0 bridgehead atoms. The molecular weight excluding hydrogens is 207 g/mol. The summed E-state index contributed by atoms with van der Waals surface area (Å²) in [6.07, 6.45) is 0.141. The van der Waals surface area contributed by atoms with Gasteiger partial charge < -0.3 is 5.11 Å². The second-order valence-corrected chi connectivity index (χ2v) is 4.97. The summed E-state index contributed by atoms with van der Waals surface area (Å²) in [5.41, 5.74) is 0.885. The standard InChI is InChI=1S/C10H10Cl2O/c11-10(12)6-8(10)9(13)7-4-2-1-3-5-7/h1-5,8-9,13H,6H2. The van der Waals surface area contributed by atoms with Crippen LogP contribution in [0.3, 0.4) is 0 Å². The largest absolute Gasteiger partial charge is 0.388 e. The Hall–Kier alpha value is -0.240. The fourth-order valence-corrected chi connectivity index (χ4v) is 2.03. The van der Waals surface area contributed by atoms with Crippen molar-refractivity contribution in [3.8, 4) is 0 Å². The van der Waals surface area contributed by atoms with Crippen LogP contribution in [0.2, 0.25) is 0 Å². The predicted octanol–water partition coefficient (Wildman–Crippen LogP) is 2.91. The van der Waals surface area contributed by atoms with E-state index in [4.69, 9.17) is 23.2 Å². The first-order valence-electron chi connectivity index (χ1n) is 4.22. The van der Waals surface area contributed by atoms with Crippen LogP contribution in [0, 0.1) is 5.92 Å². The van der Waals surface area contributed by atoms with Gasteiger partial charge in [-0.25, -0.2) is 0 Å². The van der Waals surface area contributed by atoms with Crippen LogP contribution < -0.4 is 0 Å². The molecule has 1 aromatic rings. The molecular formula is C10H10Cl2O. The van der Waals surface area contributed by atoms with E-state index in [9.17, 15) is 5.11 Å². The Morgan fingerprint density at radius 1 is 1.31 bits per heavy atom. The number of rotatable bonds is 2. The highest BCUT2D eigenvalue weighted by atomic mass is 35.5. The Labute approximate surface area is 87.3 Å². The highest BCUT2D eigenvalue weighted by Gasteiger charge is 2.55. The fraction of sp³-hybridized carbons (Fsp3) is 0.400. The summed E-state index contributed by atoms with van der Waals surface area (Å²) < 4.78 is -0.713. The van der Waals surface area contributed by atoms with Crippen LogP contribution >= 0.6 is 23.2 Å². The summed E-state index contributed by atoms with van der Waals surface area (Å²) in [5.74, 6) is -0.0155. The molecule has 13 heavy (non-hydrogen) atoms. The molecule has 0 heterocycles. The molecule has 0 spiro atoms. The molecule has 2 atom stereocenters. The van der Waals surface area contributed by atoms with E-state index >= 15 is 0 Å². The topological polar surface area (TPSA) is 20.2 Å². The van der Waals surface area contributed by atoms with E-state index in [0.29, 0.717) is 6.42 Å². The number of benzene rings is 1. The molecule has 1 N–H and O–H groups in total. The van der Waals surface area contributed by atoms with Crippen molar-refractivity contribution < 1.29 is 5.11 Å². The Morgan fingerprint density at radius 2 is 1.85 bits per heavy atom. The van der Waals surface area contributed by atoms with Crippen molar-refractivity contribution in [2.75, 3.05) is 0 Å². The minimum atomic E-state index is -0.713. The van der Waals surface area contributed by atoms with E-state index in [0.717, 1.165) is 5.56 Å². The van der Waals surface area contributed by atoms with Gasteiger partial charge in [0.2, 0.25) is 0 Å². The first kappa shape index (κ1) is 9.32. The second kappa shape index (κ2) is 3.16. The van der Waals surface area contributed by atoms with Crippen molar-refractivity contribution >= 4 is 23.2 Å². The van der Waals surface area contributed by atoms with Crippen molar-refractivity contribution in [3.63, 3.8) is 0 Å². The van der Waals surface area contributed by atoms with E-state index in [1.54, 1.807) is 0 Å². The first-order chi connectivity index (χ1) is 6.11. The highest BCUT2D eigenvalue weighted by molar-refractivity contribution is 6.50. The third kappa shape index (κ3) is 1.83. The van der Waals surface area contributed by atoms with E-state index in [1.807, 2.05) is 30.3 Å².